The van der Waals surface area contributed by atoms with E-state index in [1.807, 2.05) is 49.4 Å². The number of amides is 1. The first-order valence-corrected chi connectivity index (χ1v) is 11.4. The third kappa shape index (κ3) is 5.57. The van der Waals surface area contributed by atoms with Crippen LogP contribution in [0.3, 0.4) is 0 Å². The molecule has 0 aliphatic carbocycles. The van der Waals surface area contributed by atoms with E-state index in [4.69, 9.17) is 14.2 Å². The van der Waals surface area contributed by atoms with Gasteiger partial charge in [-0.15, -0.1) is 0 Å². The number of rotatable bonds is 8. The molecular weight excluding hydrogens is 432 g/mol. The van der Waals surface area contributed by atoms with E-state index in [0.29, 0.717) is 42.0 Å². The lowest BCUT2D eigenvalue weighted by molar-refractivity contribution is -0.125. The first-order valence-electron chi connectivity index (χ1n) is 11.4. The minimum atomic E-state index is -0.160. The second-order valence-corrected chi connectivity index (χ2v) is 8.28. The SMILES string of the molecule is COc1ccc(CNC(=O)[C@@H]2CCCN(c3nccnc3Oc3ccc(C)cc3)C2)c(OC)c1. The summed E-state index contributed by atoms with van der Waals surface area (Å²) < 4.78 is 16.7. The number of carbonyl (C=O) groups excluding carboxylic acids is 1. The van der Waals surface area contributed by atoms with E-state index in [9.17, 15) is 4.79 Å². The number of piperidine rings is 1. The molecule has 4 rings (SSSR count). The van der Waals surface area contributed by atoms with E-state index >= 15 is 0 Å². The van der Waals surface area contributed by atoms with Crippen molar-refractivity contribution >= 4 is 11.7 Å². The number of aryl methyl sites for hydroxylation is 1. The fourth-order valence-corrected chi connectivity index (χ4v) is 4.03. The van der Waals surface area contributed by atoms with Gasteiger partial charge in [0.05, 0.1) is 20.1 Å². The highest BCUT2D eigenvalue weighted by molar-refractivity contribution is 5.79. The van der Waals surface area contributed by atoms with Crippen molar-refractivity contribution < 1.29 is 19.0 Å². The minimum Gasteiger partial charge on any atom is -0.497 e. The monoisotopic (exact) mass is 462 g/mol. The van der Waals surface area contributed by atoms with Crippen LogP contribution < -0.4 is 24.4 Å². The number of carbonyl (C=O) groups is 1. The molecule has 1 saturated heterocycles. The van der Waals surface area contributed by atoms with Crippen LogP contribution in [0.4, 0.5) is 5.82 Å². The van der Waals surface area contributed by atoms with Crippen LogP contribution in [-0.2, 0) is 11.3 Å². The summed E-state index contributed by atoms with van der Waals surface area (Å²) in [5.41, 5.74) is 2.05. The van der Waals surface area contributed by atoms with E-state index < -0.39 is 0 Å². The smallest absolute Gasteiger partial charge is 0.263 e. The lowest BCUT2D eigenvalue weighted by atomic mass is 9.97. The van der Waals surface area contributed by atoms with Crippen molar-refractivity contribution in [3.8, 4) is 23.1 Å². The van der Waals surface area contributed by atoms with Gasteiger partial charge in [0.15, 0.2) is 5.82 Å². The summed E-state index contributed by atoms with van der Waals surface area (Å²) in [5.74, 6) is 3.03. The van der Waals surface area contributed by atoms with E-state index in [1.54, 1.807) is 26.6 Å². The third-order valence-electron chi connectivity index (χ3n) is 5.92. The van der Waals surface area contributed by atoms with Crippen molar-refractivity contribution in [2.45, 2.75) is 26.3 Å². The maximum atomic E-state index is 13.0. The number of anilines is 1. The van der Waals surface area contributed by atoms with Crippen LogP contribution in [0.15, 0.2) is 54.9 Å². The Labute approximate surface area is 199 Å². The molecule has 0 spiro atoms. The Hall–Kier alpha value is -3.81. The maximum absolute atomic E-state index is 13.0. The van der Waals surface area contributed by atoms with Crippen molar-refractivity contribution in [3.05, 3.63) is 66.0 Å². The standard InChI is InChI=1S/C26H30N4O4/c1-18-6-9-21(10-7-18)34-26-24(27-12-13-28-26)30-14-4-5-20(17-30)25(31)29-16-19-8-11-22(32-2)15-23(19)33-3/h6-13,15,20H,4-5,14,16-17H2,1-3H3,(H,29,31)/t20-/m1/s1. The van der Waals surface area contributed by atoms with Gasteiger partial charge in [0.1, 0.15) is 17.2 Å². The van der Waals surface area contributed by atoms with Crippen molar-refractivity contribution in [2.75, 3.05) is 32.2 Å². The zero-order valence-electron chi connectivity index (χ0n) is 19.8. The normalized spacial score (nSPS) is 15.5. The highest BCUT2D eigenvalue weighted by Crippen LogP contribution is 2.31. The van der Waals surface area contributed by atoms with Gasteiger partial charge in [-0.2, -0.15) is 0 Å². The molecule has 1 N–H and O–H groups in total. The van der Waals surface area contributed by atoms with Gasteiger partial charge in [-0.1, -0.05) is 17.7 Å². The predicted octanol–water partition coefficient (Wildman–Crippen LogP) is 4.13. The fourth-order valence-electron chi connectivity index (χ4n) is 4.03. The summed E-state index contributed by atoms with van der Waals surface area (Å²) in [6.07, 6.45) is 4.96. The Morgan fingerprint density at radius 3 is 2.59 bits per heavy atom. The number of nitrogens with zero attached hydrogens (tertiary/aromatic N) is 3. The number of benzene rings is 2. The molecule has 1 aliphatic heterocycles. The van der Waals surface area contributed by atoms with Crippen LogP contribution in [0.1, 0.15) is 24.0 Å². The van der Waals surface area contributed by atoms with Crippen LogP contribution in [0, 0.1) is 12.8 Å². The van der Waals surface area contributed by atoms with Crippen LogP contribution in [0.2, 0.25) is 0 Å². The van der Waals surface area contributed by atoms with Crippen LogP contribution >= 0.6 is 0 Å². The molecule has 1 fully saturated rings. The molecule has 34 heavy (non-hydrogen) atoms. The van der Waals surface area contributed by atoms with E-state index in [2.05, 4.69) is 20.2 Å². The summed E-state index contributed by atoms with van der Waals surface area (Å²) in [6, 6.07) is 13.4. The summed E-state index contributed by atoms with van der Waals surface area (Å²) in [6.45, 7) is 3.75. The number of aromatic nitrogens is 2. The fraction of sp³-hybridized carbons (Fsp3) is 0.346. The molecule has 2 heterocycles. The van der Waals surface area contributed by atoms with Crippen molar-refractivity contribution in [3.63, 3.8) is 0 Å². The van der Waals surface area contributed by atoms with Gasteiger partial charge in [-0.25, -0.2) is 9.97 Å². The first-order chi connectivity index (χ1) is 16.6. The highest BCUT2D eigenvalue weighted by Gasteiger charge is 2.28. The minimum absolute atomic E-state index is 0.00691. The van der Waals surface area contributed by atoms with Gasteiger partial charge in [0.25, 0.3) is 5.88 Å². The molecule has 0 unspecified atom stereocenters. The number of hydrogen-bond acceptors (Lipinski definition) is 7. The van der Waals surface area contributed by atoms with Gasteiger partial charge in [0, 0.05) is 43.7 Å². The molecule has 8 heteroatoms. The molecule has 0 bridgehead atoms. The summed E-state index contributed by atoms with van der Waals surface area (Å²) in [5, 5.41) is 3.06. The Morgan fingerprint density at radius 2 is 1.82 bits per heavy atom. The summed E-state index contributed by atoms with van der Waals surface area (Å²) in [7, 11) is 3.22. The maximum Gasteiger partial charge on any atom is 0.263 e. The molecule has 1 aromatic heterocycles. The summed E-state index contributed by atoms with van der Waals surface area (Å²) in [4.78, 5) is 24.0. The number of methoxy groups -OCH3 is 2. The molecule has 1 atom stereocenters. The first kappa shape index (κ1) is 23.4. The lowest BCUT2D eigenvalue weighted by Gasteiger charge is -2.33. The zero-order valence-corrected chi connectivity index (χ0v) is 19.8. The molecule has 178 valence electrons. The molecule has 0 saturated carbocycles. The number of ether oxygens (including phenoxy) is 3. The largest absolute Gasteiger partial charge is 0.497 e. The molecule has 1 aliphatic rings. The molecule has 3 aromatic rings. The average Bonchev–Trinajstić information content (AvgIpc) is 2.89. The van der Waals surface area contributed by atoms with Crippen LogP contribution in [-0.4, -0.2) is 43.2 Å². The second kappa shape index (κ2) is 10.9. The highest BCUT2D eigenvalue weighted by atomic mass is 16.5. The van der Waals surface area contributed by atoms with Gasteiger partial charge in [0.2, 0.25) is 5.91 Å². The average molecular weight is 463 g/mol. The summed E-state index contributed by atoms with van der Waals surface area (Å²) >= 11 is 0. The van der Waals surface area contributed by atoms with Gasteiger partial charge < -0.3 is 24.4 Å². The Bertz CT molecular complexity index is 1120. The predicted molar refractivity (Wildman–Crippen MR) is 130 cm³/mol. The molecule has 1 amide bonds. The number of nitrogens with one attached hydrogen (secondary N) is 1. The van der Waals surface area contributed by atoms with Crippen LogP contribution in [0.25, 0.3) is 0 Å². The van der Waals surface area contributed by atoms with Crippen molar-refractivity contribution in [1.29, 1.82) is 0 Å². The molecule has 8 nitrogen and oxygen atoms in total. The van der Waals surface area contributed by atoms with Gasteiger partial charge >= 0.3 is 0 Å². The Balaban J connectivity index is 1.42. The zero-order chi connectivity index (χ0) is 23.9. The van der Waals surface area contributed by atoms with Crippen molar-refractivity contribution in [1.82, 2.24) is 15.3 Å². The lowest BCUT2D eigenvalue weighted by Crippen LogP contribution is -2.43. The second-order valence-electron chi connectivity index (χ2n) is 8.28. The van der Waals surface area contributed by atoms with Gasteiger partial charge in [-0.3, -0.25) is 4.79 Å². The van der Waals surface area contributed by atoms with Gasteiger partial charge in [-0.05, 0) is 44.0 Å². The third-order valence-corrected chi connectivity index (χ3v) is 5.92. The van der Waals surface area contributed by atoms with E-state index in [-0.39, 0.29) is 11.8 Å². The van der Waals surface area contributed by atoms with E-state index in [0.717, 1.165) is 30.5 Å². The Kier molecular flexibility index (Phi) is 7.47. The molecule has 2 aromatic carbocycles. The quantitative estimate of drug-likeness (QED) is 0.539. The topological polar surface area (TPSA) is 85.8 Å². The molecule has 0 radical (unpaired) electrons. The van der Waals surface area contributed by atoms with Crippen molar-refractivity contribution in [2.24, 2.45) is 5.92 Å². The number of hydrogen-bond donors (Lipinski definition) is 1. The molecular formula is C26H30N4O4. The Morgan fingerprint density at radius 1 is 1.06 bits per heavy atom. The van der Waals surface area contributed by atoms with Crippen LogP contribution in [0.5, 0.6) is 23.1 Å². The van der Waals surface area contributed by atoms with E-state index in [1.165, 1.54) is 0 Å².